The minimum Gasteiger partial charge on any atom is -0.496 e. The van der Waals surface area contributed by atoms with E-state index in [0.29, 0.717) is 44.0 Å². The van der Waals surface area contributed by atoms with E-state index in [1.807, 2.05) is 63.2 Å². The number of rotatable bonds is 7. The van der Waals surface area contributed by atoms with E-state index in [0.717, 1.165) is 21.2 Å². The second-order valence-electron chi connectivity index (χ2n) is 7.36. The maximum Gasteiger partial charge on any atom is 0.293 e. The van der Waals surface area contributed by atoms with E-state index < -0.39 is 0 Å². The minimum atomic E-state index is -0.153. The van der Waals surface area contributed by atoms with Crippen molar-refractivity contribution in [2.75, 3.05) is 34.0 Å². The number of hydrogen-bond acceptors (Lipinski definition) is 6. The number of ether oxygens (including phenoxy) is 3. The number of para-hydroxylation sites is 1. The Balaban J connectivity index is 0.000000371. The minimum absolute atomic E-state index is 0. The van der Waals surface area contributed by atoms with Crippen LogP contribution in [0.2, 0.25) is 0 Å². The van der Waals surface area contributed by atoms with Crippen LogP contribution < -0.4 is 14.8 Å². The van der Waals surface area contributed by atoms with Crippen LogP contribution in [0.1, 0.15) is 44.3 Å². The standard InChI is InChI=1S/C15H16BrNO4.C9H11NO2.C2H6.CH4/c1-9-8-20-13-11-4-3-10(16)7-12(11)21-14(13)15(18)17(9)5-6-19-2;1-12-9-5-3-2-4-8(9)6-10-7-11;1-2;/h3-4,7,9H,5-6,8H2,1-2H3;2-5,7H,6H2,1H3,(H,10,11);1-2H3;1H4. The fourth-order valence-electron chi connectivity index (χ4n) is 3.47. The van der Waals surface area contributed by atoms with Gasteiger partial charge in [0.15, 0.2) is 5.75 Å². The molecule has 4 rings (SSSR count). The lowest BCUT2D eigenvalue weighted by Gasteiger charge is -2.25. The third-order valence-electron chi connectivity index (χ3n) is 5.17. The average molecular weight is 566 g/mol. The van der Waals surface area contributed by atoms with Crippen molar-refractivity contribution in [2.24, 2.45) is 0 Å². The van der Waals surface area contributed by atoms with Crippen molar-refractivity contribution in [1.82, 2.24) is 10.2 Å². The van der Waals surface area contributed by atoms with Gasteiger partial charge < -0.3 is 28.8 Å². The van der Waals surface area contributed by atoms with E-state index in [9.17, 15) is 9.59 Å². The van der Waals surface area contributed by atoms with Crippen LogP contribution >= 0.6 is 15.9 Å². The third-order valence-corrected chi connectivity index (χ3v) is 5.66. The lowest BCUT2D eigenvalue weighted by Crippen LogP contribution is -2.41. The van der Waals surface area contributed by atoms with Crippen molar-refractivity contribution < 1.29 is 28.2 Å². The van der Waals surface area contributed by atoms with Crippen molar-refractivity contribution in [3.05, 3.63) is 58.3 Å². The smallest absolute Gasteiger partial charge is 0.293 e. The highest BCUT2D eigenvalue weighted by Crippen LogP contribution is 2.37. The SMILES string of the molecule is C.CC.COCCN1C(=O)c2oc3cc(Br)ccc3c2OCC1C.COc1ccccc1CNC=O. The van der Waals surface area contributed by atoms with Gasteiger partial charge in [0.05, 0.1) is 25.1 Å². The summed E-state index contributed by atoms with van der Waals surface area (Å²) in [6.07, 6.45) is 0.673. The number of nitrogens with one attached hydrogen (secondary N) is 1. The van der Waals surface area contributed by atoms with Gasteiger partial charge in [-0.2, -0.15) is 0 Å². The van der Waals surface area contributed by atoms with Gasteiger partial charge in [-0.05, 0) is 31.2 Å². The molecule has 0 aliphatic carbocycles. The average Bonchev–Trinajstić information content (AvgIpc) is 3.20. The molecule has 1 N–H and O–H groups in total. The fraction of sp³-hybridized carbons (Fsp3) is 0.407. The van der Waals surface area contributed by atoms with Gasteiger partial charge in [-0.15, -0.1) is 0 Å². The number of nitrogens with zero attached hydrogens (tertiary/aromatic N) is 1. The Bertz CT molecular complexity index is 1100. The van der Waals surface area contributed by atoms with E-state index in [4.69, 9.17) is 18.6 Å². The predicted octanol–water partition coefficient (Wildman–Crippen LogP) is 5.67. The van der Waals surface area contributed by atoms with Gasteiger partial charge in [-0.1, -0.05) is 55.4 Å². The van der Waals surface area contributed by atoms with Crippen LogP contribution in [0.3, 0.4) is 0 Å². The Morgan fingerprint density at radius 2 is 1.92 bits per heavy atom. The third kappa shape index (κ3) is 7.73. The second kappa shape index (κ2) is 15.9. The molecule has 2 amide bonds. The molecule has 0 radical (unpaired) electrons. The zero-order chi connectivity index (χ0) is 25.8. The fourth-order valence-corrected chi connectivity index (χ4v) is 3.81. The van der Waals surface area contributed by atoms with Crippen LogP contribution in [0, 0.1) is 0 Å². The van der Waals surface area contributed by atoms with Gasteiger partial charge >= 0.3 is 0 Å². The van der Waals surface area contributed by atoms with Crippen LogP contribution in [0.4, 0.5) is 0 Å². The van der Waals surface area contributed by atoms with Gasteiger partial charge in [0.25, 0.3) is 5.91 Å². The molecule has 0 spiro atoms. The normalized spacial score (nSPS) is 14.0. The van der Waals surface area contributed by atoms with E-state index in [1.54, 1.807) is 19.1 Å². The molecule has 9 heteroatoms. The molecule has 2 aromatic carbocycles. The summed E-state index contributed by atoms with van der Waals surface area (Å²) < 4.78 is 22.6. The molecule has 0 fully saturated rings. The number of methoxy groups -OCH3 is 2. The molecule has 0 saturated carbocycles. The summed E-state index contributed by atoms with van der Waals surface area (Å²) >= 11 is 3.40. The zero-order valence-corrected chi connectivity index (χ0v) is 22.4. The number of carbonyl (C=O) groups is 2. The summed E-state index contributed by atoms with van der Waals surface area (Å²) in [5, 5.41) is 3.40. The molecule has 198 valence electrons. The Kier molecular flexibility index (Phi) is 13.6. The number of benzene rings is 2. The summed E-state index contributed by atoms with van der Waals surface area (Å²) in [7, 11) is 3.23. The lowest BCUT2D eigenvalue weighted by molar-refractivity contribution is -0.109. The number of fused-ring (bicyclic) bond motifs is 3. The van der Waals surface area contributed by atoms with Gasteiger partial charge in [0.2, 0.25) is 12.2 Å². The van der Waals surface area contributed by atoms with Crippen LogP contribution in [0.5, 0.6) is 11.5 Å². The van der Waals surface area contributed by atoms with E-state index in [-0.39, 0.29) is 25.1 Å². The molecule has 8 nitrogen and oxygen atoms in total. The summed E-state index contributed by atoms with van der Waals surface area (Å²) in [4.78, 5) is 24.4. The van der Waals surface area contributed by atoms with Crippen LogP contribution in [0.25, 0.3) is 11.0 Å². The Morgan fingerprint density at radius 1 is 1.19 bits per heavy atom. The number of furan rings is 1. The van der Waals surface area contributed by atoms with E-state index in [2.05, 4.69) is 21.2 Å². The molecular weight excluding hydrogens is 528 g/mol. The maximum absolute atomic E-state index is 12.7. The second-order valence-corrected chi connectivity index (χ2v) is 8.28. The van der Waals surface area contributed by atoms with Crippen molar-refractivity contribution in [3.8, 4) is 11.5 Å². The largest absolute Gasteiger partial charge is 0.496 e. The lowest BCUT2D eigenvalue weighted by atomic mass is 10.2. The molecule has 1 unspecified atom stereocenters. The topological polar surface area (TPSA) is 90.2 Å². The highest BCUT2D eigenvalue weighted by atomic mass is 79.9. The van der Waals surface area contributed by atoms with Crippen LogP contribution in [0.15, 0.2) is 51.4 Å². The molecule has 36 heavy (non-hydrogen) atoms. The van der Waals surface area contributed by atoms with Crippen molar-refractivity contribution in [3.63, 3.8) is 0 Å². The number of carbonyl (C=O) groups excluding carboxylic acids is 2. The van der Waals surface area contributed by atoms with E-state index in [1.165, 1.54) is 0 Å². The highest BCUT2D eigenvalue weighted by molar-refractivity contribution is 9.10. The van der Waals surface area contributed by atoms with Crippen molar-refractivity contribution in [1.29, 1.82) is 0 Å². The molecular formula is C27H37BrN2O6. The van der Waals surface area contributed by atoms with E-state index >= 15 is 0 Å². The Labute approximate surface area is 222 Å². The Morgan fingerprint density at radius 3 is 2.58 bits per heavy atom. The highest BCUT2D eigenvalue weighted by Gasteiger charge is 2.33. The van der Waals surface area contributed by atoms with Crippen LogP contribution in [-0.4, -0.2) is 57.2 Å². The summed E-state index contributed by atoms with van der Waals surface area (Å²) in [5.41, 5.74) is 1.62. The first kappa shape index (κ1) is 31.0. The first-order valence-corrected chi connectivity index (χ1v) is 12.2. The van der Waals surface area contributed by atoms with Gasteiger partial charge in [-0.3, -0.25) is 9.59 Å². The van der Waals surface area contributed by atoms with Crippen LogP contribution in [-0.2, 0) is 16.1 Å². The first-order valence-electron chi connectivity index (χ1n) is 11.4. The van der Waals surface area contributed by atoms with Gasteiger partial charge in [0.1, 0.15) is 17.9 Å². The van der Waals surface area contributed by atoms with Gasteiger partial charge in [-0.25, -0.2) is 0 Å². The van der Waals surface area contributed by atoms with Crippen molar-refractivity contribution >= 4 is 39.2 Å². The molecule has 3 aromatic rings. The molecule has 0 bridgehead atoms. The number of halogens is 1. The molecule has 1 atom stereocenters. The summed E-state index contributed by atoms with van der Waals surface area (Å²) in [5.74, 6) is 1.45. The summed E-state index contributed by atoms with van der Waals surface area (Å²) in [6, 6.07) is 13.2. The molecule has 1 aliphatic heterocycles. The summed E-state index contributed by atoms with van der Waals surface area (Å²) in [6.45, 7) is 7.90. The molecule has 1 aromatic heterocycles. The predicted molar refractivity (Wildman–Crippen MR) is 146 cm³/mol. The van der Waals surface area contributed by atoms with Gasteiger partial charge in [0, 0.05) is 30.2 Å². The quantitative estimate of drug-likeness (QED) is 0.372. The molecule has 1 aliphatic rings. The number of hydrogen-bond donors (Lipinski definition) is 1. The molecule has 0 saturated heterocycles. The van der Waals surface area contributed by atoms with Crippen molar-refractivity contribution in [2.45, 2.75) is 40.8 Å². The maximum atomic E-state index is 12.7. The first-order chi connectivity index (χ1) is 17.0. The molecule has 2 heterocycles. The zero-order valence-electron chi connectivity index (χ0n) is 20.8. The Hall–Kier alpha value is -3.04. The monoisotopic (exact) mass is 564 g/mol. The number of amides is 2.